The van der Waals surface area contributed by atoms with E-state index in [1.807, 2.05) is 66.4 Å². The molecule has 0 aliphatic carbocycles. The highest BCUT2D eigenvalue weighted by Crippen LogP contribution is 2.24. The van der Waals surface area contributed by atoms with Crippen LogP contribution < -0.4 is 10.2 Å². The van der Waals surface area contributed by atoms with Crippen LogP contribution in [0.15, 0.2) is 55.1 Å². The number of amides is 2. The second-order valence-electron chi connectivity index (χ2n) is 10.8. The first kappa shape index (κ1) is 32.3. The monoisotopic (exact) mass is 532 g/mol. The van der Waals surface area contributed by atoms with Crippen LogP contribution in [0.5, 0.6) is 0 Å². The van der Waals surface area contributed by atoms with Crippen molar-refractivity contribution >= 4 is 23.6 Å². The maximum atomic E-state index is 13.3. The fraction of sp³-hybridized carbons (Fsp3) is 0.543. The average molecular weight is 533 g/mol. The number of hydrogen-bond donors (Lipinski definition) is 1. The topological polar surface area (TPSA) is 49.4 Å². The van der Waals surface area contributed by atoms with Gasteiger partial charge in [0.15, 0.2) is 0 Å². The van der Waals surface area contributed by atoms with Gasteiger partial charge in [0.25, 0.3) is 0 Å². The third-order valence-electron chi connectivity index (χ3n) is 7.48. The molecule has 0 saturated carbocycles. The molecule has 4 heteroatoms. The van der Waals surface area contributed by atoms with Crippen molar-refractivity contribution < 1.29 is 9.59 Å². The van der Waals surface area contributed by atoms with Crippen LogP contribution in [0.3, 0.4) is 0 Å². The molecule has 0 fully saturated rings. The molecule has 1 N–H and O–H groups in total. The molecule has 214 valence electrons. The predicted molar refractivity (Wildman–Crippen MR) is 167 cm³/mol. The van der Waals surface area contributed by atoms with Gasteiger partial charge in [0, 0.05) is 25.1 Å². The highest BCUT2D eigenvalue weighted by molar-refractivity contribution is 5.94. The van der Waals surface area contributed by atoms with Crippen LogP contribution in [0.4, 0.5) is 5.69 Å². The quantitative estimate of drug-likeness (QED) is 0.163. The van der Waals surface area contributed by atoms with E-state index >= 15 is 0 Å². The smallest absolute Gasteiger partial charge is 0.229 e. The third kappa shape index (κ3) is 13.2. The van der Waals surface area contributed by atoms with Crippen molar-refractivity contribution in [1.82, 2.24) is 5.32 Å². The standard InChI is InChI=1S/C35H52N2O2/c1-4-6-7-8-9-10-11-12-13-14-15-16-17-26-34(38)36-28-27-35(39)37(33-25-21-18-22-30(33)3)29-32-24-20-19-23-31(32)5-2/h5,18-25H,2,4,6-17,26-29H2,1,3H3,(H,36,38). The number of nitrogens with one attached hydrogen (secondary N) is 1. The summed E-state index contributed by atoms with van der Waals surface area (Å²) in [5.74, 6) is 0.0507. The minimum Gasteiger partial charge on any atom is -0.356 e. The molecule has 4 nitrogen and oxygen atoms in total. The number of aryl methyl sites for hydroxylation is 1. The third-order valence-corrected chi connectivity index (χ3v) is 7.48. The van der Waals surface area contributed by atoms with Crippen LogP contribution in [-0.4, -0.2) is 18.4 Å². The van der Waals surface area contributed by atoms with E-state index in [1.54, 1.807) is 0 Å². The molecule has 0 aliphatic heterocycles. The Balaban J connectivity index is 1.65. The van der Waals surface area contributed by atoms with Gasteiger partial charge in [-0.3, -0.25) is 9.59 Å². The molecule has 0 bridgehead atoms. The Labute approximate surface area is 238 Å². The summed E-state index contributed by atoms with van der Waals surface area (Å²) in [6.45, 7) is 9.04. The molecule has 2 aromatic rings. The van der Waals surface area contributed by atoms with Crippen LogP contribution in [0.2, 0.25) is 0 Å². The van der Waals surface area contributed by atoms with Gasteiger partial charge in [0.2, 0.25) is 11.8 Å². The molecule has 0 heterocycles. The zero-order chi connectivity index (χ0) is 28.1. The number of para-hydroxylation sites is 1. The highest BCUT2D eigenvalue weighted by atomic mass is 16.2. The normalized spacial score (nSPS) is 10.8. The number of hydrogen-bond acceptors (Lipinski definition) is 2. The first-order valence-corrected chi connectivity index (χ1v) is 15.4. The molecule has 0 radical (unpaired) electrons. The molecule has 0 spiro atoms. The Morgan fingerprint density at radius 3 is 1.95 bits per heavy atom. The van der Waals surface area contributed by atoms with Gasteiger partial charge in [-0.05, 0) is 36.1 Å². The van der Waals surface area contributed by atoms with Gasteiger partial charge >= 0.3 is 0 Å². The lowest BCUT2D eigenvalue weighted by molar-refractivity contribution is -0.121. The Bertz CT molecular complexity index is 984. The summed E-state index contributed by atoms with van der Waals surface area (Å²) in [6, 6.07) is 16.0. The van der Waals surface area contributed by atoms with Crippen LogP contribution >= 0.6 is 0 Å². The van der Waals surface area contributed by atoms with E-state index < -0.39 is 0 Å². The molecule has 0 atom stereocenters. The van der Waals surface area contributed by atoms with Crippen molar-refractivity contribution in [3.63, 3.8) is 0 Å². The Kier molecular flexibility index (Phi) is 16.6. The van der Waals surface area contributed by atoms with Gasteiger partial charge in [-0.25, -0.2) is 0 Å². The number of anilines is 1. The second-order valence-corrected chi connectivity index (χ2v) is 10.8. The Morgan fingerprint density at radius 1 is 0.769 bits per heavy atom. The lowest BCUT2D eigenvalue weighted by Gasteiger charge is -2.25. The van der Waals surface area contributed by atoms with Gasteiger partial charge in [0.05, 0.1) is 6.54 Å². The summed E-state index contributed by atoms with van der Waals surface area (Å²) < 4.78 is 0. The van der Waals surface area contributed by atoms with E-state index in [2.05, 4.69) is 18.8 Å². The predicted octanol–water partition coefficient (Wildman–Crippen LogP) is 9.16. The molecule has 0 unspecified atom stereocenters. The molecular weight excluding hydrogens is 480 g/mol. The SMILES string of the molecule is C=Cc1ccccc1CN(C(=O)CCNC(=O)CCCCCCCCCCCCCCC)c1ccccc1C. The molecule has 0 aliphatic rings. The summed E-state index contributed by atoms with van der Waals surface area (Å²) in [6.07, 6.45) is 19.5. The summed E-state index contributed by atoms with van der Waals surface area (Å²) in [5, 5.41) is 2.96. The van der Waals surface area contributed by atoms with E-state index in [4.69, 9.17) is 0 Å². The summed E-state index contributed by atoms with van der Waals surface area (Å²) in [4.78, 5) is 27.5. The van der Waals surface area contributed by atoms with Gasteiger partial charge in [-0.15, -0.1) is 0 Å². The number of unbranched alkanes of at least 4 members (excludes halogenated alkanes) is 12. The van der Waals surface area contributed by atoms with E-state index in [9.17, 15) is 9.59 Å². The molecule has 2 amide bonds. The van der Waals surface area contributed by atoms with Crippen molar-refractivity contribution in [2.24, 2.45) is 0 Å². The van der Waals surface area contributed by atoms with Crippen molar-refractivity contribution in [2.75, 3.05) is 11.4 Å². The number of carbonyl (C=O) groups is 2. The molecule has 0 aromatic heterocycles. The maximum Gasteiger partial charge on any atom is 0.229 e. The van der Waals surface area contributed by atoms with E-state index in [0.717, 1.165) is 35.2 Å². The summed E-state index contributed by atoms with van der Waals surface area (Å²) in [5.41, 5.74) is 4.03. The van der Waals surface area contributed by atoms with Gasteiger partial charge < -0.3 is 10.2 Å². The minimum absolute atomic E-state index is 0.00410. The lowest BCUT2D eigenvalue weighted by Crippen LogP contribution is -2.34. The van der Waals surface area contributed by atoms with Gasteiger partial charge in [-0.2, -0.15) is 0 Å². The lowest BCUT2D eigenvalue weighted by atomic mass is 10.0. The molecule has 39 heavy (non-hydrogen) atoms. The Morgan fingerprint density at radius 2 is 1.33 bits per heavy atom. The maximum absolute atomic E-state index is 13.3. The van der Waals surface area contributed by atoms with Crippen LogP contribution in [0, 0.1) is 6.92 Å². The van der Waals surface area contributed by atoms with Crippen LogP contribution in [-0.2, 0) is 16.1 Å². The molecule has 0 saturated heterocycles. The largest absolute Gasteiger partial charge is 0.356 e. The number of rotatable bonds is 21. The Hall–Kier alpha value is -2.88. The zero-order valence-electron chi connectivity index (χ0n) is 24.7. The van der Waals surface area contributed by atoms with Crippen molar-refractivity contribution in [3.05, 3.63) is 71.8 Å². The highest BCUT2D eigenvalue weighted by Gasteiger charge is 2.19. The fourth-order valence-electron chi connectivity index (χ4n) is 5.06. The van der Waals surface area contributed by atoms with Crippen molar-refractivity contribution in [2.45, 2.75) is 117 Å². The van der Waals surface area contributed by atoms with Crippen molar-refractivity contribution in [1.29, 1.82) is 0 Å². The first-order valence-electron chi connectivity index (χ1n) is 15.4. The van der Waals surface area contributed by atoms with E-state index in [-0.39, 0.29) is 18.2 Å². The van der Waals surface area contributed by atoms with Crippen LogP contribution in [0.25, 0.3) is 6.08 Å². The molecule has 2 aromatic carbocycles. The number of benzene rings is 2. The number of nitrogens with zero attached hydrogens (tertiary/aromatic N) is 1. The number of carbonyl (C=O) groups excluding carboxylic acids is 2. The molecular formula is C35H52N2O2. The van der Waals surface area contributed by atoms with E-state index in [1.165, 1.54) is 70.6 Å². The first-order chi connectivity index (χ1) is 19.1. The zero-order valence-corrected chi connectivity index (χ0v) is 24.7. The van der Waals surface area contributed by atoms with Gasteiger partial charge in [0.1, 0.15) is 0 Å². The van der Waals surface area contributed by atoms with Gasteiger partial charge in [-0.1, -0.05) is 139 Å². The molecule has 2 rings (SSSR count). The summed E-state index contributed by atoms with van der Waals surface area (Å²) in [7, 11) is 0. The summed E-state index contributed by atoms with van der Waals surface area (Å²) >= 11 is 0. The van der Waals surface area contributed by atoms with Crippen LogP contribution in [0.1, 0.15) is 120 Å². The van der Waals surface area contributed by atoms with E-state index in [0.29, 0.717) is 19.5 Å². The average Bonchev–Trinajstić information content (AvgIpc) is 2.94. The second kappa shape index (κ2) is 20.1. The fourth-order valence-corrected chi connectivity index (χ4v) is 5.06. The minimum atomic E-state index is 0.00410. The van der Waals surface area contributed by atoms with Crippen molar-refractivity contribution in [3.8, 4) is 0 Å².